The van der Waals surface area contributed by atoms with Gasteiger partial charge < -0.3 is 30.5 Å². The fraction of sp³-hybridized carbons (Fsp3) is 0.500. The highest BCUT2D eigenvalue weighted by atomic mass is 19.4. The zero-order valence-electron chi connectivity index (χ0n) is 25.0. The van der Waals surface area contributed by atoms with Crippen LogP contribution in [-0.2, 0) is 20.7 Å². The van der Waals surface area contributed by atoms with E-state index in [1.807, 2.05) is 4.90 Å². The van der Waals surface area contributed by atoms with E-state index in [0.717, 1.165) is 0 Å². The second-order valence-corrected chi connectivity index (χ2v) is 11.5. The second-order valence-electron chi connectivity index (χ2n) is 11.5. The molecule has 4 N–H and O–H groups in total. The Morgan fingerprint density at radius 2 is 1.96 bits per heavy atom. The molecule has 5 rings (SSSR count). The lowest BCUT2D eigenvalue weighted by molar-refractivity contribution is -0.198. The van der Waals surface area contributed by atoms with Gasteiger partial charge >= 0.3 is 18.1 Å². The van der Waals surface area contributed by atoms with E-state index in [9.17, 15) is 27.9 Å². The number of nitrogens with one attached hydrogen (secondary N) is 1. The topological polar surface area (TPSA) is 158 Å². The number of benzene rings is 1. The molecule has 15 heteroatoms. The number of carboxylic acid groups (broad SMARTS) is 1. The average Bonchev–Trinajstić information content (AvgIpc) is 3.61. The molecular formula is C30H36F3N7O5. The first kappa shape index (κ1) is 32.0. The van der Waals surface area contributed by atoms with E-state index in [2.05, 4.69) is 20.4 Å². The Labute approximate surface area is 257 Å². The third-order valence-electron chi connectivity index (χ3n) is 8.32. The monoisotopic (exact) mass is 631 g/mol. The summed E-state index contributed by atoms with van der Waals surface area (Å²) in [6, 6.07) is 6.81. The number of piperidine rings is 1. The van der Waals surface area contributed by atoms with Gasteiger partial charge in [-0.3, -0.25) is 9.59 Å². The second kappa shape index (κ2) is 12.9. The third kappa shape index (κ3) is 7.47. The SMILES string of the molecule is CCOC(=O)CCc1ccc(C(Oc2cc(N3CCC4(CC3)CN[C@H](C(=O)O)C4)nc(N)n2)C(F)(F)F)c(-n2ccc(C)n2)c1. The fourth-order valence-corrected chi connectivity index (χ4v) is 5.96. The summed E-state index contributed by atoms with van der Waals surface area (Å²) in [4.78, 5) is 33.4. The van der Waals surface area contributed by atoms with Crippen molar-refractivity contribution < 1.29 is 37.3 Å². The molecule has 3 aromatic rings. The number of halogens is 3. The molecule has 242 valence electrons. The van der Waals surface area contributed by atoms with Crippen molar-refractivity contribution in [2.75, 3.05) is 36.9 Å². The summed E-state index contributed by atoms with van der Waals surface area (Å²) in [5.41, 5.74) is 6.94. The van der Waals surface area contributed by atoms with Crippen molar-refractivity contribution in [1.29, 1.82) is 0 Å². The number of aromatic nitrogens is 4. The van der Waals surface area contributed by atoms with E-state index < -0.39 is 30.3 Å². The highest BCUT2D eigenvalue weighted by Crippen LogP contribution is 2.42. The summed E-state index contributed by atoms with van der Waals surface area (Å²) in [5.74, 6) is -1.54. The summed E-state index contributed by atoms with van der Waals surface area (Å²) < 4.78 is 56.0. The summed E-state index contributed by atoms with van der Waals surface area (Å²) in [6.07, 6.45) is -3.50. The van der Waals surface area contributed by atoms with E-state index in [1.165, 1.54) is 22.9 Å². The number of aryl methyl sites for hydroxylation is 2. The molecule has 1 spiro atoms. The predicted octanol–water partition coefficient (Wildman–Crippen LogP) is 3.76. The molecule has 1 aromatic carbocycles. The van der Waals surface area contributed by atoms with Crippen LogP contribution in [0.2, 0.25) is 0 Å². The maximum absolute atomic E-state index is 14.7. The first-order valence-electron chi connectivity index (χ1n) is 14.8. The summed E-state index contributed by atoms with van der Waals surface area (Å²) in [7, 11) is 0. The van der Waals surface area contributed by atoms with Gasteiger partial charge in [0.05, 0.1) is 18.0 Å². The maximum Gasteiger partial charge on any atom is 0.429 e. The Balaban J connectivity index is 1.40. The van der Waals surface area contributed by atoms with Crippen molar-refractivity contribution in [3.05, 3.63) is 53.3 Å². The van der Waals surface area contributed by atoms with Crippen molar-refractivity contribution >= 4 is 23.7 Å². The first-order chi connectivity index (χ1) is 21.4. The normalized spacial score (nSPS) is 18.6. The fourth-order valence-electron chi connectivity index (χ4n) is 5.96. The van der Waals surface area contributed by atoms with Gasteiger partial charge in [0.15, 0.2) is 0 Å². The summed E-state index contributed by atoms with van der Waals surface area (Å²) in [6.45, 7) is 5.28. The smallest absolute Gasteiger partial charge is 0.429 e. The van der Waals surface area contributed by atoms with Crippen molar-refractivity contribution in [2.45, 2.75) is 64.3 Å². The van der Waals surface area contributed by atoms with Crippen LogP contribution in [0.1, 0.15) is 55.5 Å². The number of rotatable bonds is 10. The van der Waals surface area contributed by atoms with Crippen molar-refractivity contribution in [3.8, 4) is 11.6 Å². The van der Waals surface area contributed by atoms with Gasteiger partial charge in [-0.1, -0.05) is 12.1 Å². The molecule has 1 unspecified atom stereocenters. The number of esters is 1. The molecule has 2 aliphatic heterocycles. The predicted molar refractivity (Wildman–Crippen MR) is 157 cm³/mol. The summed E-state index contributed by atoms with van der Waals surface area (Å²) >= 11 is 0. The molecule has 2 aliphatic rings. The minimum absolute atomic E-state index is 0.0707. The number of anilines is 2. The Hall–Kier alpha value is -4.40. The number of nitrogen functional groups attached to an aromatic ring is 1. The van der Waals surface area contributed by atoms with Crippen molar-refractivity contribution in [2.24, 2.45) is 5.41 Å². The number of nitrogens with zero attached hydrogens (tertiary/aromatic N) is 5. The number of carbonyl (C=O) groups excluding carboxylic acids is 1. The molecule has 0 aliphatic carbocycles. The van der Waals surface area contributed by atoms with Gasteiger partial charge in [-0.25, -0.2) is 4.68 Å². The quantitative estimate of drug-likeness (QED) is 0.280. The number of nitrogens with two attached hydrogens (primary N) is 1. The number of carbonyl (C=O) groups is 2. The minimum Gasteiger partial charge on any atom is -0.480 e. The van der Waals surface area contributed by atoms with Gasteiger partial charge in [-0.05, 0) is 62.6 Å². The van der Waals surface area contributed by atoms with E-state index >= 15 is 0 Å². The molecule has 0 bridgehead atoms. The van der Waals surface area contributed by atoms with Gasteiger partial charge in [0.1, 0.15) is 11.9 Å². The maximum atomic E-state index is 14.7. The molecule has 0 radical (unpaired) electrons. The van der Waals surface area contributed by atoms with Crippen LogP contribution in [-0.4, -0.2) is 75.3 Å². The van der Waals surface area contributed by atoms with Crippen molar-refractivity contribution in [1.82, 2.24) is 25.1 Å². The molecule has 2 saturated heterocycles. The lowest BCUT2D eigenvalue weighted by Gasteiger charge is -2.39. The lowest BCUT2D eigenvalue weighted by Crippen LogP contribution is -2.41. The highest BCUT2D eigenvalue weighted by molar-refractivity contribution is 5.74. The van der Waals surface area contributed by atoms with Gasteiger partial charge in [-0.2, -0.15) is 28.2 Å². The molecule has 2 fully saturated rings. The minimum atomic E-state index is -4.85. The van der Waals surface area contributed by atoms with Crippen LogP contribution in [0.4, 0.5) is 24.9 Å². The van der Waals surface area contributed by atoms with E-state index in [4.69, 9.17) is 15.2 Å². The van der Waals surface area contributed by atoms with Crippen molar-refractivity contribution in [3.63, 3.8) is 0 Å². The van der Waals surface area contributed by atoms with Crippen LogP contribution in [0.15, 0.2) is 36.5 Å². The Morgan fingerprint density at radius 1 is 1.20 bits per heavy atom. The van der Waals surface area contributed by atoms with E-state index in [1.54, 1.807) is 32.2 Å². The largest absolute Gasteiger partial charge is 0.480 e. The van der Waals surface area contributed by atoms with E-state index in [0.29, 0.717) is 56.0 Å². The number of ether oxygens (including phenoxy) is 2. The Kier molecular flexibility index (Phi) is 9.18. The molecule has 4 heterocycles. The van der Waals surface area contributed by atoms with Crippen LogP contribution >= 0.6 is 0 Å². The van der Waals surface area contributed by atoms with Crippen LogP contribution in [0.25, 0.3) is 5.69 Å². The lowest BCUT2D eigenvalue weighted by atomic mass is 9.76. The number of hydrogen-bond donors (Lipinski definition) is 3. The molecule has 12 nitrogen and oxygen atoms in total. The molecular weight excluding hydrogens is 595 g/mol. The standard InChI is InChI=1S/C30H36F3N7O5/c1-3-44-25(41)7-5-19-4-6-20(22(14-19)40-11-8-18(2)38-40)26(30(31,32)33)45-24-15-23(36-28(34)37-24)39-12-9-29(10-13-39)16-21(27(42)43)35-17-29/h4,6,8,11,14-15,21,26,35H,3,5,7,9-10,12-13,16-17H2,1-2H3,(H,42,43)(H2,34,36,37)/t21-,26?/m0/s1. The number of carboxylic acids is 1. The number of aliphatic carboxylic acids is 1. The molecule has 45 heavy (non-hydrogen) atoms. The number of hydrogen-bond acceptors (Lipinski definition) is 10. The van der Waals surface area contributed by atoms with Crippen LogP contribution < -0.4 is 20.7 Å². The van der Waals surface area contributed by atoms with Crippen LogP contribution in [0, 0.1) is 12.3 Å². The zero-order chi connectivity index (χ0) is 32.4. The highest BCUT2D eigenvalue weighted by Gasteiger charge is 2.46. The van der Waals surface area contributed by atoms with Gasteiger partial charge in [-0.15, -0.1) is 0 Å². The molecule has 0 amide bonds. The van der Waals surface area contributed by atoms with Gasteiger partial charge in [0, 0.05) is 43.9 Å². The van der Waals surface area contributed by atoms with Gasteiger partial charge in [0.25, 0.3) is 0 Å². The van der Waals surface area contributed by atoms with E-state index in [-0.39, 0.29) is 47.9 Å². The van der Waals surface area contributed by atoms with Gasteiger partial charge in [0.2, 0.25) is 17.9 Å². The molecule has 0 saturated carbocycles. The average molecular weight is 632 g/mol. The zero-order valence-corrected chi connectivity index (χ0v) is 25.0. The summed E-state index contributed by atoms with van der Waals surface area (Å²) in [5, 5.41) is 16.8. The Bertz CT molecular complexity index is 1540. The van der Waals surface area contributed by atoms with Crippen LogP contribution in [0.5, 0.6) is 5.88 Å². The molecule has 2 atom stereocenters. The third-order valence-corrected chi connectivity index (χ3v) is 8.32. The van der Waals surface area contributed by atoms with Crippen LogP contribution in [0.3, 0.4) is 0 Å². The molecule has 2 aromatic heterocycles. The Morgan fingerprint density at radius 3 is 2.58 bits per heavy atom. The first-order valence-corrected chi connectivity index (χ1v) is 14.8. The number of alkyl halides is 3.